The van der Waals surface area contributed by atoms with Gasteiger partial charge in [0.2, 0.25) is 17.7 Å². The lowest BCUT2D eigenvalue weighted by molar-refractivity contribution is -0.434. The van der Waals surface area contributed by atoms with Gasteiger partial charge in [0.1, 0.15) is 23.9 Å². The van der Waals surface area contributed by atoms with Crippen LogP contribution in [0.3, 0.4) is 0 Å². The van der Waals surface area contributed by atoms with Crippen molar-refractivity contribution < 1.29 is 42.0 Å². The highest BCUT2D eigenvalue weighted by Crippen LogP contribution is 2.35. The van der Waals surface area contributed by atoms with Crippen LogP contribution < -0.4 is 11.0 Å². The second-order valence-electron chi connectivity index (χ2n) is 19.3. The molecular formula is C52H53F3N9O6+. The predicted octanol–water partition coefficient (Wildman–Crippen LogP) is 5.86. The smallest absolute Gasteiger partial charge is 0.380 e. The number of alkyl halides is 3. The van der Waals surface area contributed by atoms with Crippen LogP contribution in [0.2, 0.25) is 0 Å². The van der Waals surface area contributed by atoms with Gasteiger partial charge in [-0.25, -0.2) is 9.59 Å². The van der Waals surface area contributed by atoms with Gasteiger partial charge in [0.15, 0.2) is 18.6 Å². The molecule has 4 amide bonds. The van der Waals surface area contributed by atoms with E-state index in [1.807, 2.05) is 23.1 Å². The molecule has 70 heavy (non-hydrogen) atoms. The number of nitrogens with one attached hydrogen (secondary N) is 1. The number of halogens is 3. The molecular weight excluding hydrogens is 904 g/mol. The number of piperidine rings is 3. The van der Waals surface area contributed by atoms with Crippen LogP contribution in [0.25, 0.3) is 22.3 Å². The minimum atomic E-state index is -4.72. The van der Waals surface area contributed by atoms with Gasteiger partial charge in [-0.1, -0.05) is 42.5 Å². The summed E-state index contributed by atoms with van der Waals surface area (Å²) in [6.07, 6.45) is 5.14. The van der Waals surface area contributed by atoms with Crippen molar-refractivity contribution >= 4 is 35.4 Å². The molecule has 0 aliphatic carbocycles. The first kappa shape index (κ1) is 46.7. The summed E-state index contributed by atoms with van der Waals surface area (Å²) < 4.78 is 49.0. The molecule has 0 spiro atoms. The normalized spacial score (nSPS) is 19.6. The molecule has 4 aliphatic rings. The SMILES string of the molecule is Cn1cnnc1[C@H](O)c1cccc(-n2cc3c(C(F)(F)F)cc(CN4CCC(CC(=O)N5CCC(Cc6ccc(-c7ccc8c(c7)C[N+](=CC7CCC(=O)NC7=O)C8=O)cc6)CC5)CC4)cn3c2=O)c1. The first-order valence-corrected chi connectivity index (χ1v) is 23.8. The summed E-state index contributed by atoms with van der Waals surface area (Å²) in [4.78, 5) is 68.2. The third-order valence-electron chi connectivity index (χ3n) is 14.5. The summed E-state index contributed by atoms with van der Waals surface area (Å²) in [5.41, 5.74) is 3.95. The minimum Gasteiger partial charge on any atom is -0.380 e. The lowest BCUT2D eigenvalue weighted by atomic mass is 9.88. The number of likely N-dealkylation sites (tertiary alicyclic amines) is 2. The van der Waals surface area contributed by atoms with Crippen LogP contribution in [0.5, 0.6) is 0 Å². The van der Waals surface area contributed by atoms with Gasteiger partial charge < -0.3 is 14.6 Å². The number of aromatic nitrogens is 5. The van der Waals surface area contributed by atoms with Crippen LogP contribution in [0.1, 0.15) is 95.0 Å². The Balaban J connectivity index is 0.702. The standard InChI is InChI=1S/C52H52F3N9O6/c1-59-31-56-58-48(59)47(67)38-3-2-4-41(25-38)63-30-44-43(52(53,54)55)22-35(27-64(44)51(63)70)26-60-17-13-34(14-18-60)23-46(66)61-19-15-33(16-20-61)21-32-5-7-36(8-6-32)37-9-11-42-40(24-37)29-62(50(42)69)28-39-10-12-45(65)57-49(39)68/h2-9,11,22,24-25,27-28,30-31,33-34,39,47,67H,10,12-21,23,26,29H2,1H3/p+1/t39?,47-/m1/s1. The number of aliphatic hydroxyl groups is 1. The molecule has 7 heterocycles. The van der Waals surface area contributed by atoms with E-state index in [1.54, 1.807) is 46.7 Å². The summed E-state index contributed by atoms with van der Waals surface area (Å²) in [6.45, 7) is 3.23. The molecule has 18 heteroatoms. The number of hydrogen-bond acceptors (Lipinski definition) is 9. The van der Waals surface area contributed by atoms with E-state index >= 15 is 0 Å². The van der Waals surface area contributed by atoms with Gasteiger partial charge in [-0.3, -0.25) is 33.6 Å². The number of fused-ring (bicyclic) bond motifs is 2. The van der Waals surface area contributed by atoms with E-state index in [9.17, 15) is 42.3 Å². The van der Waals surface area contributed by atoms with Gasteiger partial charge in [0.25, 0.3) is 0 Å². The topological polar surface area (TPSA) is 167 Å². The van der Waals surface area contributed by atoms with E-state index in [0.29, 0.717) is 73.9 Å². The zero-order valence-corrected chi connectivity index (χ0v) is 38.6. The number of benzene rings is 3. The maximum absolute atomic E-state index is 14.6. The van der Waals surface area contributed by atoms with E-state index in [0.717, 1.165) is 63.8 Å². The molecule has 3 aromatic carbocycles. The van der Waals surface area contributed by atoms with Gasteiger partial charge in [-0.15, -0.1) is 10.2 Å². The summed E-state index contributed by atoms with van der Waals surface area (Å²) in [5.74, 6) is -0.293. The number of hydrogen-bond donors (Lipinski definition) is 2. The fourth-order valence-electron chi connectivity index (χ4n) is 10.5. The quantitative estimate of drug-likeness (QED) is 0.120. The highest BCUT2D eigenvalue weighted by molar-refractivity contribution is 6.05. The minimum absolute atomic E-state index is 0.145. The van der Waals surface area contributed by atoms with Gasteiger partial charge >= 0.3 is 17.8 Å². The Hall–Kier alpha value is -7.05. The first-order valence-electron chi connectivity index (χ1n) is 23.8. The molecule has 0 bridgehead atoms. The van der Waals surface area contributed by atoms with Crippen molar-refractivity contribution in [1.82, 2.24) is 38.8 Å². The van der Waals surface area contributed by atoms with Gasteiger partial charge in [-0.05, 0) is 122 Å². The average Bonchev–Trinajstić information content (AvgIpc) is 4.03. The van der Waals surface area contributed by atoms with Crippen LogP contribution in [0, 0.1) is 17.8 Å². The molecule has 4 aliphatic heterocycles. The molecule has 15 nitrogen and oxygen atoms in total. The fourth-order valence-corrected chi connectivity index (χ4v) is 10.5. The highest BCUT2D eigenvalue weighted by Gasteiger charge is 2.37. The number of amides is 4. The van der Waals surface area contributed by atoms with E-state index in [-0.39, 0.29) is 53.9 Å². The van der Waals surface area contributed by atoms with Crippen molar-refractivity contribution in [3.05, 3.63) is 141 Å². The number of aryl methyl sites for hydroxylation is 1. The fraction of sp³-hybridized carbons (Fsp3) is 0.385. The number of carbonyl (C=O) groups is 4. The molecule has 3 saturated heterocycles. The summed E-state index contributed by atoms with van der Waals surface area (Å²) in [5, 5.41) is 21.0. The second kappa shape index (κ2) is 19.0. The Morgan fingerprint density at radius 1 is 0.886 bits per heavy atom. The molecule has 3 fully saturated rings. The van der Waals surface area contributed by atoms with Crippen molar-refractivity contribution in [3.63, 3.8) is 0 Å². The van der Waals surface area contributed by atoms with E-state index in [4.69, 9.17) is 0 Å². The number of nitrogens with zero attached hydrogens (tertiary/aromatic N) is 8. The molecule has 2 atom stereocenters. The zero-order chi connectivity index (χ0) is 48.8. The van der Waals surface area contributed by atoms with Crippen LogP contribution in [0.4, 0.5) is 13.2 Å². The largest absolute Gasteiger partial charge is 0.419 e. The van der Waals surface area contributed by atoms with Crippen molar-refractivity contribution in [3.8, 4) is 16.8 Å². The van der Waals surface area contributed by atoms with E-state index in [2.05, 4.69) is 44.7 Å². The second-order valence-corrected chi connectivity index (χ2v) is 19.3. The van der Waals surface area contributed by atoms with Crippen LogP contribution in [-0.2, 0) is 47.1 Å². The lowest BCUT2D eigenvalue weighted by Gasteiger charge is -2.35. The Kier molecular flexibility index (Phi) is 12.7. The molecule has 10 rings (SSSR count). The summed E-state index contributed by atoms with van der Waals surface area (Å²) in [6, 6.07) is 21.8. The Labute approximate surface area is 400 Å². The zero-order valence-electron chi connectivity index (χ0n) is 38.6. The van der Waals surface area contributed by atoms with Crippen molar-refractivity contribution in [2.45, 2.75) is 76.7 Å². The van der Waals surface area contributed by atoms with Gasteiger partial charge in [0, 0.05) is 57.5 Å². The molecule has 0 radical (unpaired) electrons. The summed E-state index contributed by atoms with van der Waals surface area (Å²) >= 11 is 0. The number of rotatable bonds is 11. The number of aliphatic hydroxyl groups excluding tert-OH is 1. The first-order chi connectivity index (χ1) is 33.6. The monoisotopic (exact) mass is 956 g/mol. The maximum atomic E-state index is 14.6. The maximum Gasteiger partial charge on any atom is 0.419 e. The molecule has 0 saturated carbocycles. The van der Waals surface area contributed by atoms with Crippen LogP contribution in [0.15, 0.2) is 96.3 Å². The number of imide groups is 1. The lowest BCUT2D eigenvalue weighted by Crippen LogP contribution is -2.42. The summed E-state index contributed by atoms with van der Waals surface area (Å²) in [7, 11) is 1.68. The number of carbonyl (C=O) groups excluding carboxylic acids is 4. The Morgan fingerprint density at radius 3 is 2.34 bits per heavy atom. The number of imidazole rings is 1. The van der Waals surface area contributed by atoms with Crippen LogP contribution in [-0.4, -0.2) is 99.2 Å². The molecule has 3 aromatic heterocycles. The highest BCUT2D eigenvalue weighted by atomic mass is 19.4. The molecule has 362 valence electrons. The third kappa shape index (κ3) is 9.61. The Morgan fingerprint density at radius 2 is 1.63 bits per heavy atom. The van der Waals surface area contributed by atoms with Gasteiger partial charge in [0.05, 0.1) is 16.8 Å². The Bertz CT molecular complexity index is 3100. The average molecular weight is 957 g/mol. The van der Waals surface area contributed by atoms with Crippen molar-refractivity contribution in [1.29, 1.82) is 0 Å². The van der Waals surface area contributed by atoms with Crippen molar-refractivity contribution in [2.24, 2.45) is 24.8 Å². The molecule has 2 N–H and O–H groups in total. The van der Waals surface area contributed by atoms with Gasteiger partial charge in [-0.2, -0.15) is 17.7 Å². The number of pyridine rings is 1. The van der Waals surface area contributed by atoms with Crippen molar-refractivity contribution in [2.75, 3.05) is 26.2 Å². The molecule has 1 unspecified atom stereocenters. The third-order valence-corrected chi connectivity index (χ3v) is 14.5. The molecule has 6 aromatic rings. The van der Waals surface area contributed by atoms with Crippen LogP contribution >= 0.6 is 0 Å². The predicted molar refractivity (Wildman–Crippen MR) is 251 cm³/mol. The van der Waals surface area contributed by atoms with E-state index < -0.39 is 29.5 Å². The van der Waals surface area contributed by atoms with E-state index in [1.165, 1.54) is 24.3 Å².